The summed E-state index contributed by atoms with van der Waals surface area (Å²) in [6, 6.07) is 3.90. The number of alkyl carbamates (subject to hydrolysis) is 1. The molecule has 0 heterocycles. The van der Waals surface area contributed by atoms with Crippen molar-refractivity contribution in [3.05, 3.63) is 28.8 Å². The Bertz CT molecular complexity index is 670. The highest BCUT2D eigenvalue weighted by Crippen LogP contribution is 2.27. The number of carbonyl (C=O) groups excluding carboxylic acids is 2. The van der Waals surface area contributed by atoms with Crippen molar-refractivity contribution in [2.24, 2.45) is 0 Å². The van der Waals surface area contributed by atoms with Crippen molar-refractivity contribution in [1.82, 2.24) is 5.32 Å². The summed E-state index contributed by atoms with van der Waals surface area (Å²) in [4.78, 5) is 24.4. The molecule has 1 N–H and O–H groups in total. The van der Waals surface area contributed by atoms with E-state index in [0.29, 0.717) is 16.3 Å². The van der Waals surface area contributed by atoms with E-state index in [9.17, 15) is 9.59 Å². The zero-order chi connectivity index (χ0) is 20.8. The quantitative estimate of drug-likeness (QED) is 0.492. The number of ether oxygens (including phenoxy) is 3. The molecule has 0 bridgehead atoms. The lowest BCUT2D eigenvalue weighted by atomic mass is 10.1. The Labute approximate surface area is 178 Å². The van der Waals surface area contributed by atoms with E-state index in [1.54, 1.807) is 39.0 Å². The van der Waals surface area contributed by atoms with E-state index in [1.165, 1.54) is 7.11 Å². The summed E-state index contributed by atoms with van der Waals surface area (Å²) >= 11 is 22.9. The molecule has 0 aliphatic heterocycles. The fraction of sp³-hybridized carbons (Fsp3) is 0.529. The first kappa shape index (κ1) is 24.0. The van der Waals surface area contributed by atoms with Gasteiger partial charge in [0.2, 0.25) is 3.79 Å². The summed E-state index contributed by atoms with van der Waals surface area (Å²) in [7, 11) is 1.49. The SMILES string of the molecule is COc1ccc(C[C@@H](NC(=O)OC(C)(C)C)C(=O)OCC(Cl)(Cl)Cl)cc1Cl. The molecule has 1 atom stereocenters. The first-order chi connectivity index (χ1) is 12.3. The normalized spacial score (nSPS) is 12.9. The molecule has 1 amide bonds. The monoisotopic (exact) mass is 459 g/mol. The molecule has 0 spiro atoms. The van der Waals surface area contributed by atoms with Crippen molar-refractivity contribution in [1.29, 1.82) is 0 Å². The Hall–Kier alpha value is -1.08. The molecule has 1 rings (SSSR count). The van der Waals surface area contributed by atoms with Crippen LogP contribution >= 0.6 is 46.4 Å². The standard InChI is InChI=1S/C17H21Cl4NO5/c1-16(2,3)27-15(24)22-12(14(23)26-9-17(19,20)21)8-10-5-6-13(25-4)11(18)7-10/h5-7,12H,8-9H2,1-4H3,(H,22,24)/t12-/m1/s1. The van der Waals surface area contributed by atoms with Crippen LogP contribution < -0.4 is 10.1 Å². The highest BCUT2D eigenvalue weighted by molar-refractivity contribution is 6.67. The summed E-state index contributed by atoms with van der Waals surface area (Å²) in [5, 5.41) is 2.83. The van der Waals surface area contributed by atoms with E-state index in [0.717, 1.165) is 0 Å². The van der Waals surface area contributed by atoms with Crippen molar-refractivity contribution < 1.29 is 23.8 Å². The van der Waals surface area contributed by atoms with Crippen LogP contribution in [-0.4, -0.2) is 41.2 Å². The highest BCUT2D eigenvalue weighted by Gasteiger charge is 2.29. The van der Waals surface area contributed by atoms with Gasteiger partial charge in [-0.1, -0.05) is 52.5 Å². The van der Waals surface area contributed by atoms with Gasteiger partial charge in [0.1, 0.15) is 24.0 Å². The molecule has 1 aromatic rings. The maximum atomic E-state index is 12.4. The lowest BCUT2D eigenvalue weighted by Gasteiger charge is -2.23. The van der Waals surface area contributed by atoms with Crippen molar-refractivity contribution in [3.63, 3.8) is 0 Å². The van der Waals surface area contributed by atoms with Gasteiger partial charge >= 0.3 is 12.1 Å². The van der Waals surface area contributed by atoms with Gasteiger partial charge in [-0.25, -0.2) is 9.59 Å². The van der Waals surface area contributed by atoms with E-state index >= 15 is 0 Å². The van der Waals surface area contributed by atoms with E-state index < -0.39 is 34.1 Å². The summed E-state index contributed by atoms with van der Waals surface area (Å²) in [6.07, 6.45) is -0.695. The summed E-state index contributed by atoms with van der Waals surface area (Å²) in [5.74, 6) is -0.296. The molecule has 152 valence electrons. The molecular weight excluding hydrogens is 440 g/mol. The average molecular weight is 461 g/mol. The number of amides is 1. The number of hydrogen-bond acceptors (Lipinski definition) is 5. The zero-order valence-electron chi connectivity index (χ0n) is 15.3. The second-order valence-corrected chi connectivity index (χ2v) is 9.52. The molecule has 0 radical (unpaired) electrons. The molecule has 10 heteroatoms. The van der Waals surface area contributed by atoms with E-state index in [-0.39, 0.29) is 6.42 Å². The Morgan fingerprint density at radius 2 is 1.81 bits per heavy atom. The van der Waals surface area contributed by atoms with Gasteiger partial charge in [-0.15, -0.1) is 0 Å². The van der Waals surface area contributed by atoms with Gasteiger partial charge in [0.15, 0.2) is 0 Å². The number of rotatable bonds is 6. The van der Waals surface area contributed by atoms with Crippen LogP contribution in [0.1, 0.15) is 26.3 Å². The molecule has 1 aromatic carbocycles. The Balaban J connectivity index is 2.93. The fourth-order valence-corrected chi connectivity index (χ4v) is 2.41. The number of benzene rings is 1. The lowest BCUT2D eigenvalue weighted by Crippen LogP contribution is -2.46. The third-order valence-electron chi connectivity index (χ3n) is 3.01. The highest BCUT2D eigenvalue weighted by atomic mass is 35.6. The summed E-state index contributed by atoms with van der Waals surface area (Å²) in [5.41, 5.74) is -0.0767. The molecule has 0 saturated carbocycles. The number of nitrogens with one attached hydrogen (secondary N) is 1. The second kappa shape index (κ2) is 9.92. The van der Waals surface area contributed by atoms with Crippen LogP contribution in [-0.2, 0) is 20.7 Å². The van der Waals surface area contributed by atoms with E-state index in [4.69, 9.17) is 60.6 Å². The minimum absolute atomic E-state index is 0.0850. The van der Waals surface area contributed by atoms with Crippen molar-refractivity contribution in [2.75, 3.05) is 13.7 Å². The molecular formula is C17H21Cl4NO5. The zero-order valence-corrected chi connectivity index (χ0v) is 18.3. The van der Waals surface area contributed by atoms with Gasteiger partial charge in [0.05, 0.1) is 12.1 Å². The molecule has 0 aromatic heterocycles. The summed E-state index contributed by atoms with van der Waals surface area (Å²) in [6.45, 7) is 4.64. The van der Waals surface area contributed by atoms with Crippen LogP contribution in [0.4, 0.5) is 4.79 Å². The molecule has 0 saturated heterocycles. The van der Waals surface area contributed by atoms with Crippen LogP contribution in [0.25, 0.3) is 0 Å². The smallest absolute Gasteiger partial charge is 0.408 e. The lowest BCUT2D eigenvalue weighted by molar-refractivity contribution is -0.146. The maximum Gasteiger partial charge on any atom is 0.408 e. The topological polar surface area (TPSA) is 73.9 Å². The van der Waals surface area contributed by atoms with Crippen LogP contribution in [0.3, 0.4) is 0 Å². The predicted octanol–water partition coefficient (Wildman–Crippen LogP) is 4.70. The number of alkyl halides is 3. The third-order valence-corrected chi connectivity index (χ3v) is 3.63. The molecule has 6 nitrogen and oxygen atoms in total. The number of carbonyl (C=O) groups is 2. The predicted molar refractivity (Wildman–Crippen MR) is 106 cm³/mol. The van der Waals surface area contributed by atoms with Crippen molar-refractivity contribution >= 4 is 58.5 Å². The van der Waals surface area contributed by atoms with Gasteiger partial charge in [0, 0.05) is 6.42 Å². The molecule has 27 heavy (non-hydrogen) atoms. The molecule has 0 aliphatic rings. The maximum absolute atomic E-state index is 12.4. The molecule has 0 unspecified atom stereocenters. The third kappa shape index (κ3) is 9.60. The van der Waals surface area contributed by atoms with Gasteiger partial charge in [-0.2, -0.15) is 0 Å². The molecule has 0 aliphatic carbocycles. The largest absolute Gasteiger partial charge is 0.495 e. The van der Waals surface area contributed by atoms with Gasteiger partial charge in [-0.3, -0.25) is 0 Å². The number of hydrogen-bond donors (Lipinski definition) is 1. The van der Waals surface area contributed by atoms with Crippen molar-refractivity contribution in [2.45, 2.75) is 42.6 Å². The van der Waals surface area contributed by atoms with Gasteiger partial charge in [-0.05, 0) is 38.5 Å². The van der Waals surface area contributed by atoms with Crippen molar-refractivity contribution in [3.8, 4) is 5.75 Å². The average Bonchev–Trinajstić information content (AvgIpc) is 2.49. The van der Waals surface area contributed by atoms with Gasteiger partial charge < -0.3 is 19.5 Å². The Morgan fingerprint density at radius 3 is 2.30 bits per heavy atom. The van der Waals surface area contributed by atoms with Gasteiger partial charge in [0.25, 0.3) is 0 Å². The number of esters is 1. The minimum Gasteiger partial charge on any atom is -0.495 e. The summed E-state index contributed by atoms with van der Waals surface area (Å²) < 4.78 is 13.5. The second-order valence-electron chi connectivity index (χ2n) is 6.59. The number of halogens is 4. The van der Waals surface area contributed by atoms with E-state index in [1.807, 2.05) is 0 Å². The van der Waals surface area contributed by atoms with Crippen LogP contribution in [0.2, 0.25) is 5.02 Å². The first-order valence-electron chi connectivity index (χ1n) is 7.86. The van der Waals surface area contributed by atoms with E-state index in [2.05, 4.69) is 5.32 Å². The fourth-order valence-electron chi connectivity index (χ4n) is 1.97. The van der Waals surface area contributed by atoms with Crippen LogP contribution in [0.15, 0.2) is 18.2 Å². The Kier molecular flexibility index (Phi) is 8.80. The minimum atomic E-state index is -1.77. The van der Waals surface area contributed by atoms with Crippen LogP contribution in [0.5, 0.6) is 5.75 Å². The first-order valence-corrected chi connectivity index (χ1v) is 9.37. The van der Waals surface area contributed by atoms with Crippen LogP contribution in [0, 0.1) is 0 Å². The molecule has 0 fully saturated rings. The Morgan fingerprint density at radius 1 is 1.19 bits per heavy atom. The number of methoxy groups -OCH3 is 1.